The first-order valence-corrected chi connectivity index (χ1v) is 6.58. The molecule has 0 amide bonds. The second-order valence-electron chi connectivity index (χ2n) is 4.42. The quantitative estimate of drug-likeness (QED) is 0.667. The first kappa shape index (κ1) is 14.8. The van der Waals surface area contributed by atoms with E-state index in [4.69, 9.17) is 33.0 Å². The van der Waals surface area contributed by atoms with Gasteiger partial charge in [-0.25, -0.2) is 0 Å². The lowest BCUT2D eigenvalue weighted by Crippen LogP contribution is -2.56. The Labute approximate surface area is 120 Å². The number of halogens is 2. The molecule has 1 fully saturated rings. The number of rotatable bonds is 3. The molecule has 1 aromatic rings. The van der Waals surface area contributed by atoms with Crippen LogP contribution in [0.2, 0.25) is 10.0 Å². The Balaban J connectivity index is 2.05. The molecule has 2 rings (SSSR count). The lowest BCUT2D eigenvalue weighted by molar-refractivity contribution is -0.152. The highest BCUT2D eigenvalue weighted by molar-refractivity contribution is 6.42. The summed E-state index contributed by atoms with van der Waals surface area (Å²) < 4.78 is 5.27. The molecule has 7 heteroatoms. The molecule has 1 heterocycles. The van der Waals surface area contributed by atoms with Crippen molar-refractivity contribution in [2.75, 3.05) is 18.5 Å². The number of nitrogens with one attached hydrogen (secondary N) is 1. The molecule has 0 spiro atoms. The topological polar surface area (TPSA) is 82.0 Å². The third kappa shape index (κ3) is 3.31. The van der Waals surface area contributed by atoms with Gasteiger partial charge in [-0.05, 0) is 18.2 Å². The van der Waals surface area contributed by atoms with E-state index in [1.54, 1.807) is 18.2 Å². The Morgan fingerprint density at radius 3 is 2.58 bits per heavy atom. The number of aliphatic hydroxyl groups excluding tert-OH is 3. The summed E-state index contributed by atoms with van der Waals surface area (Å²) in [6.45, 7) is -0.165. The van der Waals surface area contributed by atoms with Crippen molar-refractivity contribution in [3.05, 3.63) is 28.2 Å². The standard InChI is InChI=1S/C12H15Cl2NO4/c13-7-2-1-6(3-8(7)14)15-9-5-19-10(4-16)12(18)11(9)17/h1-3,9-12,15-18H,4-5H2/t9-,10+,11+,12-/m0/s1. The van der Waals surface area contributed by atoms with E-state index in [0.717, 1.165) is 0 Å². The highest BCUT2D eigenvalue weighted by Crippen LogP contribution is 2.26. The van der Waals surface area contributed by atoms with Crippen molar-refractivity contribution in [2.45, 2.75) is 24.4 Å². The molecular weight excluding hydrogens is 293 g/mol. The number of aliphatic hydroxyl groups is 3. The van der Waals surface area contributed by atoms with E-state index in [9.17, 15) is 10.2 Å². The maximum Gasteiger partial charge on any atom is 0.110 e. The third-order valence-corrected chi connectivity index (χ3v) is 3.82. The van der Waals surface area contributed by atoms with E-state index in [0.29, 0.717) is 15.7 Å². The van der Waals surface area contributed by atoms with Crippen molar-refractivity contribution >= 4 is 28.9 Å². The van der Waals surface area contributed by atoms with Gasteiger partial charge in [-0.15, -0.1) is 0 Å². The summed E-state index contributed by atoms with van der Waals surface area (Å²) in [5, 5.41) is 32.5. The Kier molecular flexibility index (Phi) is 4.89. The lowest BCUT2D eigenvalue weighted by atomic mass is 9.98. The van der Waals surface area contributed by atoms with Gasteiger partial charge in [0.1, 0.15) is 18.3 Å². The van der Waals surface area contributed by atoms with Crippen molar-refractivity contribution in [3.8, 4) is 0 Å². The van der Waals surface area contributed by atoms with Crippen LogP contribution in [0, 0.1) is 0 Å². The highest BCUT2D eigenvalue weighted by atomic mass is 35.5. The molecule has 1 aliphatic heterocycles. The van der Waals surface area contributed by atoms with Crippen LogP contribution in [0.3, 0.4) is 0 Å². The maximum absolute atomic E-state index is 9.96. The molecule has 19 heavy (non-hydrogen) atoms. The summed E-state index contributed by atoms with van der Waals surface area (Å²) in [5.41, 5.74) is 0.664. The van der Waals surface area contributed by atoms with Crippen LogP contribution in [-0.2, 0) is 4.74 Å². The van der Waals surface area contributed by atoms with Crippen molar-refractivity contribution in [2.24, 2.45) is 0 Å². The van der Waals surface area contributed by atoms with Crippen LogP contribution in [0.25, 0.3) is 0 Å². The summed E-state index contributed by atoms with van der Waals surface area (Å²) in [5.74, 6) is 0. The van der Waals surface area contributed by atoms with Gasteiger partial charge in [-0.3, -0.25) is 0 Å². The van der Waals surface area contributed by atoms with Crippen LogP contribution in [-0.4, -0.2) is 52.9 Å². The van der Waals surface area contributed by atoms with E-state index >= 15 is 0 Å². The monoisotopic (exact) mass is 307 g/mol. The first-order chi connectivity index (χ1) is 9.02. The van der Waals surface area contributed by atoms with E-state index in [-0.39, 0.29) is 13.2 Å². The zero-order valence-corrected chi connectivity index (χ0v) is 11.5. The van der Waals surface area contributed by atoms with Crippen molar-refractivity contribution < 1.29 is 20.1 Å². The van der Waals surface area contributed by atoms with Gasteiger partial charge in [0.2, 0.25) is 0 Å². The summed E-state index contributed by atoms with van der Waals surface area (Å²) >= 11 is 11.7. The van der Waals surface area contributed by atoms with Gasteiger partial charge in [-0.1, -0.05) is 23.2 Å². The van der Waals surface area contributed by atoms with Gasteiger partial charge in [0.15, 0.2) is 0 Å². The normalized spacial score (nSPS) is 31.2. The molecule has 1 aromatic carbocycles. The number of anilines is 1. The van der Waals surface area contributed by atoms with Crippen LogP contribution < -0.4 is 5.32 Å². The Morgan fingerprint density at radius 2 is 1.95 bits per heavy atom. The summed E-state index contributed by atoms with van der Waals surface area (Å²) in [6.07, 6.45) is -2.94. The number of hydrogen-bond acceptors (Lipinski definition) is 5. The second-order valence-corrected chi connectivity index (χ2v) is 5.23. The van der Waals surface area contributed by atoms with Gasteiger partial charge >= 0.3 is 0 Å². The fourth-order valence-corrected chi connectivity index (χ4v) is 2.27. The smallest absolute Gasteiger partial charge is 0.110 e. The molecule has 0 saturated carbocycles. The minimum Gasteiger partial charge on any atom is -0.394 e. The third-order valence-electron chi connectivity index (χ3n) is 3.08. The molecule has 106 valence electrons. The molecule has 0 aromatic heterocycles. The van der Waals surface area contributed by atoms with Crippen LogP contribution in [0.5, 0.6) is 0 Å². The van der Waals surface area contributed by atoms with E-state index < -0.39 is 24.4 Å². The molecule has 0 bridgehead atoms. The van der Waals surface area contributed by atoms with Crippen LogP contribution in [0.1, 0.15) is 0 Å². The summed E-state index contributed by atoms with van der Waals surface area (Å²) in [4.78, 5) is 0. The Bertz CT molecular complexity index is 446. The predicted molar refractivity (Wildman–Crippen MR) is 72.7 cm³/mol. The number of benzene rings is 1. The van der Waals surface area contributed by atoms with Gasteiger partial charge < -0.3 is 25.4 Å². The molecular formula is C12H15Cl2NO4. The zero-order valence-electron chi connectivity index (χ0n) is 9.96. The molecule has 1 aliphatic rings. The van der Waals surface area contributed by atoms with Crippen molar-refractivity contribution in [3.63, 3.8) is 0 Å². The lowest BCUT2D eigenvalue weighted by Gasteiger charge is -2.37. The van der Waals surface area contributed by atoms with E-state index in [1.165, 1.54) is 0 Å². The minimum absolute atomic E-state index is 0.170. The van der Waals surface area contributed by atoms with Crippen molar-refractivity contribution in [1.82, 2.24) is 0 Å². The van der Waals surface area contributed by atoms with Gasteiger partial charge in [0, 0.05) is 5.69 Å². The predicted octanol–water partition coefficient (Wildman–Crippen LogP) is 0.887. The van der Waals surface area contributed by atoms with E-state index in [1.807, 2.05) is 0 Å². The SMILES string of the molecule is OC[C@H]1OC[C@H](Nc2ccc(Cl)c(Cl)c2)[C@@H](O)[C@H]1O. The van der Waals surface area contributed by atoms with E-state index in [2.05, 4.69) is 5.32 Å². The average molecular weight is 308 g/mol. The zero-order chi connectivity index (χ0) is 14.0. The Morgan fingerprint density at radius 1 is 1.21 bits per heavy atom. The summed E-state index contributed by atoms with van der Waals surface area (Å²) in [6, 6.07) is 4.48. The van der Waals surface area contributed by atoms with Crippen molar-refractivity contribution in [1.29, 1.82) is 0 Å². The fraction of sp³-hybridized carbons (Fsp3) is 0.500. The van der Waals surface area contributed by atoms with Gasteiger partial charge in [-0.2, -0.15) is 0 Å². The Hall–Kier alpha value is -0.560. The molecule has 4 N–H and O–H groups in total. The summed E-state index contributed by atoms with van der Waals surface area (Å²) in [7, 11) is 0. The largest absolute Gasteiger partial charge is 0.394 e. The highest BCUT2D eigenvalue weighted by Gasteiger charge is 2.37. The van der Waals surface area contributed by atoms with Crippen LogP contribution in [0.15, 0.2) is 18.2 Å². The molecule has 0 unspecified atom stereocenters. The first-order valence-electron chi connectivity index (χ1n) is 5.83. The molecule has 1 saturated heterocycles. The van der Waals surface area contributed by atoms with Crippen LogP contribution in [0.4, 0.5) is 5.69 Å². The molecule has 4 atom stereocenters. The minimum atomic E-state index is -1.14. The number of ether oxygens (including phenoxy) is 1. The number of hydrogen-bond donors (Lipinski definition) is 4. The van der Waals surface area contributed by atoms with Gasteiger partial charge in [0.25, 0.3) is 0 Å². The average Bonchev–Trinajstić information content (AvgIpc) is 2.40. The molecule has 0 radical (unpaired) electrons. The second kappa shape index (κ2) is 6.26. The van der Waals surface area contributed by atoms with Gasteiger partial charge in [0.05, 0.1) is 29.3 Å². The maximum atomic E-state index is 9.96. The van der Waals surface area contributed by atoms with Crippen LogP contribution >= 0.6 is 23.2 Å². The molecule has 0 aliphatic carbocycles. The molecule has 5 nitrogen and oxygen atoms in total. The fourth-order valence-electron chi connectivity index (χ4n) is 1.97.